The zero-order valence-corrected chi connectivity index (χ0v) is 23.3. The van der Waals surface area contributed by atoms with E-state index in [4.69, 9.17) is 21.0 Å². The number of aliphatic carboxylic acids is 1. The van der Waals surface area contributed by atoms with Crippen molar-refractivity contribution in [2.24, 2.45) is 5.73 Å². The maximum atomic E-state index is 13.9. The number of nitrogens with zero attached hydrogens (tertiary/aromatic N) is 2. The van der Waals surface area contributed by atoms with Gasteiger partial charge in [0.2, 0.25) is 0 Å². The van der Waals surface area contributed by atoms with Crippen LogP contribution in [0.4, 0.5) is 23.2 Å². The van der Waals surface area contributed by atoms with E-state index in [1.165, 1.54) is 17.8 Å². The topological polar surface area (TPSA) is 124 Å². The lowest BCUT2D eigenvalue weighted by Crippen LogP contribution is -2.39. The van der Waals surface area contributed by atoms with Crippen LogP contribution < -0.4 is 20.6 Å². The molecule has 3 aromatic carbocycles. The number of fused-ring (bicyclic) bond motifs is 1. The number of carboxylic acids is 1. The van der Waals surface area contributed by atoms with Crippen molar-refractivity contribution >= 4 is 34.3 Å². The van der Waals surface area contributed by atoms with Crippen LogP contribution in [0.2, 0.25) is 0 Å². The van der Waals surface area contributed by atoms with Gasteiger partial charge in [0.1, 0.15) is 29.0 Å². The van der Waals surface area contributed by atoms with Crippen LogP contribution in [0.25, 0.3) is 10.9 Å². The van der Waals surface area contributed by atoms with Crippen molar-refractivity contribution in [2.45, 2.75) is 26.2 Å². The Labute approximate surface area is 240 Å². The molecule has 1 heterocycles. The molecule has 0 aliphatic rings. The average Bonchev–Trinajstić information content (AvgIpc) is 3.29. The SMILES string of the molecule is CC[N+](C)(C)c1ccc(CNC(=O)c2cc3cc(F)ccc3n2Cc2cccc(C(=N)N)c2)cc1.O=C([O-])C(F)(F)F. The number of carbonyl (C=O) groups excluding carboxylic acids is 2. The van der Waals surface area contributed by atoms with E-state index >= 15 is 0 Å². The lowest BCUT2D eigenvalue weighted by molar-refractivity contribution is -0.344. The summed E-state index contributed by atoms with van der Waals surface area (Å²) in [5.41, 5.74) is 10.6. The molecule has 8 nitrogen and oxygen atoms in total. The fourth-order valence-electron chi connectivity index (χ4n) is 4.09. The van der Waals surface area contributed by atoms with Crippen molar-refractivity contribution in [2.75, 3.05) is 20.6 Å². The van der Waals surface area contributed by atoms with Gasteiger partial charge in [-0.25, -0.2) is 4.39 Å². The number of nitrogen functional groups attached to an aromatic ring is 1. The molecule has 0 saturated heterocycles. The van der Waals surface area contributed by atoms with Crippen LogP contribution >= 0.6 is 0 Å². The molecule has 0 radical (unpaired) electrons. The first-order chi connectivity index (χ1) is 19.6. The highest BCUT2D eigenvalue weighted by molar-refractivity contribution is 5.99. The van der Waals surface area contributed by atoms with Gasteiger partial charge in [0, 0.05) is 29.6 Å². The number of aromatic nitrogens is 1. The van der Waals surface area contributed by atoms with Crippen molar-refractivity contribution in [3.8, 4) is 0 Å². The van der Waals surface area contributed by atoms with Gasteiger partial charge in [-0.1, -0.05) is 30.3 Å². The van der Waals surface area contributed by atoms with Crippen molar-refractivity contribution in [1.82, 2.24) is 14.4 Å². The molecular formula is C30H31F4N5O3. The van der Waals surface area contributed by atoms with E-state index in [1.54, 1.807) is 18.2 Å². The number of benzene rings is 3. The summed E-state index contributed by atoms with van der Waals surface area (Å²) < 4.78 is 48.1. The summed E-state index contributed by atoms with van der Waals surface area (Å²) in [6, 6.07) is 21.8. The lowest BCUT2D eigenvalue weighted by atomic mass is 10.1. The van der Waals surface area contributed by atoms with Crippen molar-refractivity contribution in [3.05, 3.63) is 101 Å². The van der Waals surface area contributed by atoms with Crippen LogP contribution in [0.5, 0.6) is 0 Å². The fraction of sp³-hybridized carbons (Fsp3) is 0.233. The molecule has 0 aliphatic carbocycles. The van der Waals surface area contributed by atoms with Gasteiger partial charge in [-0.15, -0.1) is 0 Å². The van der Waals surface area contributed by atoms with Gasteiger partial charge in [-0.2, -0.15) is 13.2 Å². The Morgan fingerprint density at radius 3 is 2.21 bits per heavy atom. The molecular weight excluding hydrogens is 554 g/mol. The molecule has 0 spiro atoms. The molecule has 0 saturated carbocycles. The molecule has 222 valence electrons. The highest BCUT2D eigenvalue weighted by Gasteiger charge is 2.28. The predicted octanol–water partition coefficient (Wildman–Crippen LogP) is 3.93. The summed E-state index contributed by atoms with van der Waals surface area (Å²) in [5, 5.41) is 20.2. The Morgan fingerprint density at radius 2 is 1.64 bits per heavy atom. The molecule has 0 aliphatic heterocycles. The van der Waals surface area contributed by atoms with Crippen LogP contribution in [-0.2, 0) is 17.9 Å². The van der Waals surface area contributed by atoms with E-state index in [-0.39, 0.29) is 17.6 Å². The minimum absolute atomic E-state index is 0.0172. The zero-order chi connectivity index (χ0) is 31.2. The van der Waals surface area contributed by atoms with Gasteiger partial charge in [-0.05, 0) is 60.5 Å². The molecule has 1 amide bonds. The lowest BCUT2D eigenvalue weighted by Gasteiger charge is -2.27. The second kappa shape index (κ2) is 12.9. The van der Waals surface area contributed by atoms with Gasteiger partial charge in [0.25, 0.3) is 5.91 Å². The van der Waals surface area contributed by atoms with Crippen LogP contribution in [0, 0.1) is 11.2 Å². The molecule has 42 heavy (non-hydrogen) atoms. The number of halogens is 4. The van der Waals surface area contributed by atoms with Crippen LogP contribution in [0.1, 0.15) is 34.1 Å². The quantitative estimate of drug-likeness (QED) is 0.126. The molecule has 0 fully saturated rings. The van der Waals surface area contributed by atoms with Gasteiger partial charge < -0.3 is 25.5 Å². The second-order valence-corrected chi connectivity index (χ2v) is 10.1. The van der Waals surface area contributed by atoms with Crippen molar-refractivity contribution in [1.29, 1.82) is 5.41 Å². The van der Waals surface area contributed by atoms with Crippen LogP contribution in [0.15, 0.2) is 72.8 Å². The van der Waals surface area contributed by atoms with Crippen molar-refractivity contribution in [3.63, 3.8) is 0 Å². The molecule has 1 aromatic heterocycles. The Hall–Kier alpha value is -4.71. The second-order valence-electron chi connectivity index (χ2n) is 10.1. The summed E-state index contributed by atoms with van der Waals surface area (Å²) >= 11 is 0. The van der Waals surface area contributed by atoms with Crippen molar-refractivity contribution < 1.29 is 32.3 Å². The van der Waals surface area contributed by atoms with Gasteiger partial charge in [0.05, 0.1) is 20.6 Å². The summed E-state index contributed by atoms with van der Waals surface area (Å²) in [6.45, 7) is 3.90. The summed E-state index contributed by atoms with van der Waals surface area (Å²) in [7, 11) is 4.31. The largest absolute Gasteiger partial charge is 0.542 e. The summed E-state index contributed by atoms with van der Waals surface area (Å²) in [4.78, 5) is 22.0. The molecule has 12 heteroatoms. The van der Waals surface area contributed by atoms with E-state index in [0.29, 0.717) is 29.7 Å². The Kier molecular flexibility index (Phi) is 9.74. The number of nitrogens with one attached hydrogen (secondary N) is 2. The first-order valence-corrected chi connectivity index (χ1v) is 12.8. The van der Waals surface area contributed by atoms with E-state index in [9.17, 15) is 22.4 Å². The smallest absolute Gasteiger partial charge is 0.430 e. The third-order valence-corrected chi connectivity index (χ3v) is 6.79. The number of alkyl halides is 3. The average molecular weight is 586 g/mol. The summed E-state index contributed by atoms with van der Waals surface area (Å²) in [5.74, 6) is -3.62. The molecule has 0 atom stereocenters. The number of hydrogen-bond donors (Lipinski definition) is 3. The Morgan fingerprint density at radius 1 is 1.00 bits per heavy atom. The van der Waals surface area contributed by atoms with E-state index in [2.05, 4.69) is 38.5 Å². The third-order valence-electron chi connectivity index (χ3n) is 6.79. The maximum Gasteiger partial charge on any atom is 0.430 e. The first-order valence-electron chi connectivity index (χ1n) is 12.8. The number of hydrogen-bond acceptors (Lipinski definition) is 4. The summed E-state index contributed by atoms with van der Waals surface area (Å²) in [6.07, 6.45) is -5.19. The number of amides is 1. The van der Waals surface area contributed by atoms with Crippen LogP contribution in [0.3, 0.4) is 0 Å². The highest BCUT2D eigenvalue weighted by Crippen LogP contribution is 2.24. The predicted molar refractivity (Wildman–Crippen MR) is 151 cm³/mol. The molecule has 0 bridgehead atoms. The number of rotatable bonds is 8. The monoisotopic (exact) mass is 585 g/mol. The normalized spacial score (nSPS) is 11.5. The standard InChI is InChI=1S/C28H30FN5O.C2HF3O2/c1-4-34(2,3)24-11-8-19(9-12-24)17-32-28(35)26-16-22-15-23(29)10-13-25(22)33(26)18-20-6-5-7-21(14-20)27(30)31;3-2(4,5)1(6)7/h5-16H,4,17-18H2,1-3H3,(H3-,30,31,32,35);(H,6,7). The number of carbonyl (C=O) groups is 2. The minimum Gasteiger partial charge on any atom is -0.542 e. The third kappa shape index (κ3) is 7.94. The maximum absolute atomic E-state index is 13.9. The van der Waals surface area contributed by atoms with Gasteiger partial charge >= 0.3 is 6.18 Å². The van der Waals surface area contributed by atoms with Crippen LogP contribution in [-0.4, -0.2) is 49.1 Å². The number of amidine groups is 1. The van der Waals surface area contributed by atoms with Gasteiger partial charge in [-0.3, -0.25) is 14.7 Å². The Bertz CT molecular complexity index is 1600. The molecule has 4 rings (SSSR count). The molecule has 4 N–H and O–H groups in total. The van der Waals surface area contributed by atoms with E-state index in [1.807, 2.05) is 34.9 Å². The first kappa shape index (κ1) is 31.8. The zero-order valence-electron chi connectivity index (χ0n) is 23.3. The fourth-order valence-corrected chi connectivity index (χ4v) is 4.09. The highest BCUT2D eigenvalue weighted by atomic mass is 19.4. The number of carboxylic acid groups (broad SMARTS) is 1. The Balaban J connectivity index is 0.000000616. The molecule has 4 aromatic rings. The van der Waals surface area contributed by atoms with E-state index < -0.39 is 12.1 Å². The van der Waals surface area contributed by atoms with E-state index in [0.717, 1.165) is 27.7 Å². The minimum atomic E-state index is -5.19. The number of nitrogens with two attached hydrogens (primary N) is 1. The van der Waals surface area contributed by atoms with Gasteiger partial charge in [0.15, 0.2) is 0 Å². The molecule has 0 unspecified atom stereocenters. The number of quaternary nitrogens is 1.